The molecule has 0 N–H and O–H groups in total. The van der Waals surface area contributed by atoms with Gasteiger partial charge in [0.2, 0.25) is 0 Å². The van der Waals surface area contributed by atoms with Gasteiger partial charge >= 0.3 is 0 Å². The molecule has 0 fully saturated rings. The SMILES string of the molecule is CC(C)Cc1coc2cc(-c3cc(-c4cc(C(C)(C)C)c5ccccc5c4)nc4sccc34)ccc12. The van der Waals surface area contributed by atoms with E-state index in [4.69, 9.17) is 9.40 Å². The summed E-state index contributed by atoms with van der Waals surface area (Å²) in [7, 11) is 0. The topological polar surface area (TPSA) is 26.0 Å². The summed E-state index contributed by atoms with van der Waals surface area (Å²) in [6, 6.07) is 24.4. The Morgan fingerprint density at radius 1 is 0.861 bits per heavy atom. The van der Waals surface area contributed by atoms with Crippen molar-refractivity contribution >= 4 is 43.3 Å². The van der Waals surface area contributed by atoms with Crippen molar-refractivity contribution in [3.63, 3.8) is 0 Å². The van der Waals surface area contributed by atoms with E-state index < -0.39 is 0 Å². The zero-order valence-corrected chi connectivity index (χ0v) is 22.4. The summed E-state index contributed by atoms with van der Waals surface area (Å²) in [6.07, 6.45) is 2.95. The first-order valence-electron chi connectivity index (χ1n) is 12.7. The normalized spacial score (nSPS) is 12.4. The van der Waals surface area contributed by atoms with Gasteiger partial charge in [0.05, 0.1) is 12.0 Å². The first kappa shape index (κ1) is 23.0. The highest BCUT2D eigenvalue weighted by atomic mass is 32.1. The average Bonchev–Trinajstić information content (AvgIpc) is 3.48. The Labute approximate surface area is 216 Å². The number of fused-ring (bicyclic) bond motifs is 3. The molecule has 0 bridgehead atoms. The number of nitrogens with zero attached hydrogens (tertiary/aromatic N) is 1. The molecule has 0 radical (unpaired) electrons. The third-order valence-corrected chi connectivity index (χ3v) is 7.81. The number of hydrogen-bond acceptors (Lipinski definition) is 3. The zero-order chi connectivity index (χ0) is 25.0. The van der Waals surface area contributed by atoms with Crippen molar-refractivity contribution in [2.75, 3.05) is 0 Å². The van der Waals surface area contributed by atoms with Crippen LogP contribution in [0.15, 0.2) is 82.8 Å². The fourth-order valence-electron chi connectivity index (χ4n) is 5.26. The quantitative estimate of drug-likeness (QED) is 0.246. The van der Waals surface area contributed by atoms with Gasteiger partial charge in [-0.3, -0.25) is 0 Å². The van der Waals surface area contributed by atoms with Crippen LogP contribution in [0.3, 0.4) is 0 Å². The summed E-state index contributed by atoms with van der Waals surface area (Å²) in [4.78, 5) is 6.18. The summed E-state index contributed by atoms with van der Waals surface area (Å²) in [5, 5.41) is 7.11. The van der Waals surface area contributed by atoms with E-state index in [1.165, 1.54) is 38.2 Å². The van der Waals surface area contributed by atoms with Crippen LogP contribution in [0.25, 0.3) is 54.3 Å². The molecule has 0 saturated heterocycles. The van der Waals surface area contributed by atoms with E-state index in [1.807, 2.05) is 6.26 Å². The largest absolute Gasteiger partial charge is 0.464 e. The number of aromatic nitrogens is 1. The Kier molecular flexibility index (Phi) is 5.49. The minimum Gasteiger partial charge on any atom is -0.464 e. The molecule has 36 heavy (non-hydrogen) atoms. The molecule has 0 aliphatic rings. The van der Waals surface area contributed by atoms with Gasteiger partial charge in [0.1, 0.15) is 10.4 Å². The lowest BCUT2D eigenvalue weighted by Gasteiger charge is -2.23. The predicted molar refractivity (Wildman–Crippen MR) is 155 cm³/mol. The highest BCUT2D eigenvalue weighted by molar-refractivity contribution is 7.16. The number of benzene rings is 3. The molecule has 3 aromatic heterocycles. The lowest BCUT2D eigenvalue weighted by atomic mass is 9.82. The lowest BCUT2D eigenvalue weighted by Crippen LogP contribution is -2.12. The first-order valence-corrected chi connectivity index (χ1v) is 13.6. The number of thiophene rings is 1. The molecule has 3 heterocycles. The third-order valence-electron chi connectivity index (χ3n) is 7.00. The summed E-state index contributed by atoms with van der Waals surface area (Å²) < 4.78 is 6.01. The fourth-order valence-corrected chi connectivity index (χ4v) is 6.05. The molecule has 0 unspecified atom stereocenters. The lowest BCUT2D eigenvalue weighted by molar-refractivity contribution is 0.594. The van der Waals surface area contributed by atoms with E-state index in [9.17, 15) is 0 Å². The van der Waals surface area contributed by atoms with E-state index in [0.717, 1.165) is 33.7 Å². The molecule has 0 spiro atoms. The molecule has 0 aliphatic carbocycles. The van der Waals surface area contributed by atoms with E-state index in [-0.39, 0.29) is 5.41 Å². The molecule has 6 aromatic rings. The second-order valence-electron chi connectivity index (χ2n) is 11.3. The van der Waals surface area contributed by atoms with Gasteiger partial charge in [0, 0.05) is 16.3 Å². The average molecular weight is 490 g/mol. The smallest absolute Gasteiger partial charge is 0.134 e. The first-order chi connectivity index (χ1) is 17.3. The van der Waals surface area contributed by atoms with Crippen LogP contribution in [0.5, 0.6) is 0 Å². The Balaban J connectivity index is 1.54. The molecule has 0 amide bonds. The van der Waals surface area contributed by atoms with Crippen LogP contribution in [-0.2, 0) is 11.8 Å². The Bertz CT molecular complexity index is 1730. The zero-order valence-electron chi connectivity index (χ0n) is 21.6. The van der Waals surface area contributed by atoms with Gasteiger partial charge in [-0.1, -0.05) is 71.0 Å². The van der Waals surface area contributed by atoms with Gasteiger partial charge in [0.25, 0.3) is 0 Å². The van der Waals surface area contributed by atoms with Gasteiger partial charge in [-0.2, -0.15) is 0 Å². The molecule has 0 saturated carbocycles. The molecule has 0 aliphatic heterocycles. The molecule has 0 atom stereocenters. The number of pyridine rings is 1. The highest BCUT2D eigenvalue weighted by Crippen LogP contribution is 2.39. The molecular weight excluding hydrogens is 458 g/mol. The highest BCUT2D eigenvalue weighted by Gasteiger charge is 2.20. The third kappa shape index (κ3) is 4.02. The summed E-state index contributed by atoms with van der Waals surface area (Å²) in [6.45, 7) is 11.3. The predicted octanol–water partition coefficient (Wildman–Crippen LogP) is 10.0. The van der Waals surface area contributed by atoms with E-state index in [2.05, 4.69) is 107 Å². The van der Waals surface area contributed by atoms with Gasteiger partial charge < -0.3 is 4.42 Å². The van der Waals surface area contributed by atoms with Crippen molar-refractivity contribution < 1.29 is 4.42 Å². The molecule has 2 nitrogen and oxygen atoms in total. The minimum absolute atomic E-state index is 0.0312. The molecule has 3 heteroatoms. The van der Waals surface area contributed by atoms with Crippen molar-refractivity contribution in [2.24, 2.45) is 5.92 Å². The van der Waals surface area contributed by atoms with Crippen LogP contribution < -0.4 is 0 Å². The van der Waals surface area contributed by atoms with E-state index in [1.54, 1.807) is 11.3 Å². The summed E-state index contributed by atoms with van der Waals surface area (Å²) in [5.74, 6) is 0.596. The maximum absolute atomic E-state index is 6.01. The Morgan fingerprint density at radius 3 is 2.50 bits per heavy atom. The van der Waals surface area contributed by atoms with E-state index >= 15 is 0 Å². The van der Waals surface area contributed by atoms with Crippen molar-refractivity contribution in [1.29, 1.82) is 0 Å². The maximum atomic E-state index is 6.01. The van der Waals surface area contributed by atoms with Crippen LogP contribution in [0.1, 0.15) is 45.7 Å². The summed E-state index contributed by atoms with van der Waals surface area (Å²) >= 11 is 1.70. The van der Waals surface area contributed by atoms with Crippen molar-refractivity contribution in [1.82, 2.24) is 4.98 Å². The van der Waals surface area contributed by atoms with Crippen LogP contribution in [0.2, 0.25) is 0 Å². The fraction of sp³-hybridized carbons (Fsp3) is 0.242. The Morgan fingerprint density at radius 2 is 1.69 bits per heavy atom. The van der Waals surface area contributed by atoms with Crippen LogP contribution in [-0.4, -0.2) is 4.98 Å². The van der Waals surface area contributed by atoms with Gasteiger partial charge in [-0.25, -0.2) is 4.98 Å². The molecular formula is C33H31NOS. The molecule has 6 rings (SSSR count). The van der Waals surface area contributed by atoms with Gasteiger partial charge in [-0.05, 0) is 86.5 Å². The second-order valence-corrected chi connectivity index (χ2v) is 12.2. The van der Waals surface area contributed by atoms with Crippen molar-refractivity contribution in [2.45, 2.75) is 46.5 Å². The van der Waals surface area contributed by atoms with Gasteiger partial charge in [-0.15, -0.1) is 11.3 Å². The minimum atomic E-state index is 0.0312. The van der Waals surface area contributed by atoms with Crippen LogP contribution in [0.4, 0.5) is 0 Å². The molecule has 3 aromatic carbocycles. The second kappa shape index (κ2) is 8.60. The summed E-state index contributed by atoms with van der Waals surface area (Å²) in [5.41, 5.74) is 8.15. The Hall–Kier alpha value is -3.43. The number of hydrogen-bond donors (Lipinski definition) is 0. The van der Waals surface area contributed by atoms with Crippen molar-refractivity contribution in [3.8, 4) is 22.4 Å². The molecule has 180 valence electrons. The van der Waals surface area contributed by atoms with Crippen LogP contribution >= 0.6 is 11.3 Å². The van der Waals surface area contributed by atoms with E-state index in [0.29, 0.717) is 5.92 Å². The number of furan rings is 1. The van der Waals surface area contributed by atoms with Crippen molar-refractivity contribution in [3.05, 3.63) is 89.5 Å². The number of rotatable bonds is 4. The monoisotopic (exact) mass is 489 g/mol. The van der Waals surface area contributed by atoms with Crippen LogP contribution in [0, 0.1) is 5.92 Å². The van der Waals surface area contributed by atoms with Gasteiger partial charge in [0.15, 0.2) is 0 Å². The maximum Gasteiger partial charge on any atom is 0.134 e. The standard InChI is InChI=1S/C33H31NOS/c1-20(2)14-24-19-35-31-17-22(10-11-26(24)31)28-18-30(34-32-27(28)12-13-36-32)23-15-21-8-6-7-9-25(21)29(16-23)33(3,4)5/h6-13,15-20H,14H2,1-5H3.